The summed E-state index contributed by atoms with van der Waals surface area (Å²) in [5, 5.41) is 2.64. The Labute approximate surface area is 111 Å². The number of alkyl carbamates (subject to hydrolysis) is 1. The van der Waals surface area contributed by atoms with Gasteiger partial charge >= 0.3 is 6.09 Å². The normalized spacial score (nSPS) is 12.3. The summed E-state index contributed by atoms with van der Waals surface area (Å²) >= 11 is 0. The fourth-order valence-electron chi connectivity index (χ4n) is 0.831. The second-order valence-electron chi connectivity index (χ2n) is 5.72. The van der Waals surface area contributed by atoms with Gasteiger partial charge in [-0.1, -0.05) is 13.8 Å². The van der Waals surface area contributed by atoms with Gasteiger partial charge in [0.1, 0.15) is 11.4 Å². The Morgan fingerprint density at radius 1 is 1.17 bits per heavy atom. The first kappa shape index (κ1) is 19.3. The number of carbonyl (C=O) groups is 2. The molecule has 1 N–H and O–H groups in total. The molecule has 0 aliphatic rings. The van der Waals surface area contributed by atoms with Crippen LogP contribution < -0.4 is 5.32 Å². The first-order valence-corrected chi connectivity index (χ1v) is 6.49. The summed E-state index contributed by atoms with van der Waals surface area (Å²) in [4.78, 5) is 21.3. The van der Waals surface area contributed by atoms with Crippen molar-refractivity contribution >= 4 is 11.9 Å². The molecule has 0 aliphatic carbocycles. The van der Waals surface area contributed by atoms with E-state index in [1.54, 1.807) is 6.92 Å². The molecule has 0 saturated heterocycles. The molecule has 0 heterocycles. The number of ketones is 1. The first-order chi connectivity index (χ1) is 7.99. The Morgan fingerprint density at radius 3 is 1.78 bits per heavy atom. The van der Waals surface area contributed by atoms with Crippen LogP contribution in [0.15, 0.2) is 0 Å². The van der Waals surface area contributed by atoms with E-state index in [4.69, 9.17) is 4.74 Å². The third-order valence-corrected chi connectivity index (χ3v) is 2.11. The van der Waals surface area contributed by atoms with Crippen LogP contribution in [0.2, 0.25) is 0 Å². The van der Waals surface area contributed by atoms with Gasteiger partial charge in [-0.25, -0.2) is 4.79 Å². The van der Waals surface area contributed by atoms with Gasteiger partial charge in [0.05, 0.1) is 0 Å². The van der Waals surface area contributed by atoms with Gasteiger partial charge < -0.3 is 10.1 Å². The molecule has 0 radical (unpaired) electrons. The zero-order chi connectivity index (χ0) is 14.9. The number of Topliss-reactive ketones (excluding diaryl/α,β-unsaturated/α-hetero) is 1. The van der Waals surface area contributed by atoms with Gasteiger partial charge in [0.25, 0.3) is 0 Å². The van der Waals surface area contributed by atoms with Crippen LogP contribution in [0.1, 0.15) is 61.8 Å². The smallest absolute Gasteiger partial charge is 0.407 e. The first-order valence-electron chi connectivity index (χ1n) is 6.49. The maximum atomic E-state index is 10.9. The standard InChI is InChI=1S/C8H17NO2.C6H12O/c1-6(2)9-7(10)11-8(3,4)5;1-4-5(2)6(3)7/h6H,1-5H3,(H,9,10);5H,4H2,1-3H3/t;5-/m.0/s1. The van der Waals surface area contributed by atoms with E-state index < -0.39 is 5.60 Å². The molecule has 0 aliphatic heterocycles. The quantitative estimate of drug-likeness (QED) is 0.843. The fourth-order valence-corrected chi connectivity index (χ4v) is 0.831. The monoisotopic (exact) mass is 259 g/mol. The van der Waals surface area contributed by atoms with Gasteiger partial charge in [-0.05, 0) is 48.0 Å². The van der Waals surface area contributed by atoms with Gasteiger partial charge in [0.2, 0.25) is 0 Å². The van der Waals surface area contributed by atoms with Crippen molar-refractivity contribution in [2.45, 2.75) is 73.5 Å². The summed E-state index contributed by atoms with van der Waals surface area (Å²) in [6, 6.07) is 0.129. The second-order valence-corrected chi connectivity index (χ2v) is 5.72. The van der Waals surface area contributed by atoms with Crippen molar-refractivity contribution in [1.29, 1.82) is 0 Å². The van der Waals surface area contributed by atoms with E-state index in [0.717, 1.165) is 6.42 Å². The lowest BCUT2D eigenvalue weighted by molar-refractivity contribution is -0.120. The number of rotatable bonds is 3. The molecule has 4 heteroatoms. The van der Waals surface area contributed by atoms with E-state index in [1.807, 2.05) is 48.5 Å². The van der Waals surface area contributed by atoms with E-state index in [0.29, 0.717) is 5.78 Å². The molecule has 108 valence electrons. The molecule has 0 aromatic rings. The highest BCUT2D eigenvalue weighted by molar-refractivity contribution is 5.77. The van der Waals surface area contributed by atoms with Gasteiger partial charge in [-0.2, -0.15) is 0 Å². The molecule has 0 bridgehead atoms. The Hall–Kier alpha value is -1.06. The minimum atomic E-state index is -0.404. The van der Waals surface area contributed by atoms with Crippen LogP contribution in [-0.4, -0.2) is 23.5 Å². The minimum absolute atomic E-state index is 0.129. The number of nitrogens with one attached hydrogen (secondary N) is 1. The van der Waals surface area contributed by atoms with E-state index in [1.165, 1.54) is 0 Å². The van der Waals surface area contributed by atoms with Crippen molar-refractivity contribution in [3.63, 3.8) is 0 Å². The highest BCUT2D eigenvalue weighted by Crippen LogP contribution is 2.06. The van der Waals surface area contributed by atoms with Crippen LogP contribution in [0.4, 0.5) is 4.79 Å². The van der Waals surface area contributed by atoms with E-state index >= 15 is 0 Å². The molecule has 0 aromatic carbocycles. The fraction of sp³-hybridized carbons (Fsp3) is 0.857. The van der Waals surface area contributed by atoms with Crippen molar-refractivity contribution in [2.75, 3.05) is 0 Å². The summed E-state index contributed by atoms with van der Waals surface area (Å²) < 4.78 is 5.00. The zero-order valence-corrected chi connectivity index (χ0v) is 13.1. The molecule has 0 spiro atoms. The zero-order valence-electron chi connectivity index (χ0n) is 13.1. The molecule has 4 nitrogen and oxygen atoms in total. The lowest BCUT2D eigenvalue weighted by Gasteiger charge is -2.20. The minimum Gasteiger partial charge on any atom is -0.444 e. The molecule has 1 atom stereocenters. The van der Waals surface area contributed by atoms with Crippen LogP contribution in [0.3, 0.4) is 0 Å². The SMILES string of the molecule is CC(C)NC(=O)OC(C)(C)C.CC[C@H](C)C(C)=O. The number of hydrogen-bond acceptors (Lipinski definition) is 3. The Kier molecular flexibility index (Phi) is 9.59. The predicted octanol–water partition coefficient (Wildman–Crippen LogP) is 3.54. The Balaban J connectivity index is 0. The van der Waals surface area contributed by atoms with Gasteiger partial charge in [-0.15, -0.1) is 0 Å². The highest BCUT2D eigenvalue weighted by Gasteiger charge is 2.15. The maximum Gasteiger partial charge on any atom is 0.407 e. The molecule has 0 fully saturated rings. The molecule has 0 aromatic heterocycles. The Bertz CT molecular complexity index is 254. The van der Waals surface area contributed by atoms with E-state index in [2.05, 4.69) is 5.32 Å². The third kappa shape index (κ3) is 14.9. The molecule has 0 saturated carbocycles. The number of amides is 1. The van der Waals surface area contributed by atoms with Crippen LogP contribution in [0, 0.1) is 5.92 Å². The van der Waals surface area contributed by atoms with Crippen LogP contribution in [-0.2, 0) is 9.53 Å². The predicted molar refractivity (Wildman–Crippen MR) is 74.6 cm³/mol. The molecule has 18 heavy (non-hydrogen) atoms. The van der Waals surface area contributed by atoms with Crippen molar-refractivity contribution < 1.29 is 14.3 Å². The summed E-state index contributed by atoms with van der Waals surface area (Å²) in [5.74, 6) is 0.558. The average Bonchev–Trinajstić information content (AvgIpc) is 2.12. The number of carbonyl (C=O) groups excluding carboxylic acids is 2. The maximum absolute atomic E-state index is 10.9. The van der Waals surface area contributed by atoms with Crippen molar-refractivity contribution in [3.05, 3.63) is 0 Å². The average molecular weight is 259 g/mol. The topological polar surface area (TPSA) is 55.4 Å². The summed E-state index contributed by atoms with van der Waals surface area (Å²) in [6.45, 7) is 14.9. The van der Waals surface area contributed by atoms with Crippen LogP contribution >= 0.6 is 0 Å². The summed E-state index contributed by atoms with van der Waals surface area (Å²) in [5.41, 5.74) is -0.404. The number of hydrogen-bond donors (Lipinski definition) is 1. The largest absolute Gasteiger partial charge is 0.444 e. The number of ether oxygens (including phenoxy) is 1. The van der Waals surface area contributed by atoms with Crippen molar-refractivity contribution in [1.82, 2.24) is 5.32 Å². The summed E-state index contributed by atoms with van der Waals surface area (Å²) in [7, 11) is 0. The van der Waals surface area contributed by atoms with Gasteiger partial charge in [0.15, 0.2) is 0 Å². The second kappa shape index (κ2) is 8.95. The molecule has 0 rings (SSSR count). The molecule has 0 unspecified atom stereocenters. The van der Waals surface area contributed by atoms with Gasteiger partial charge in [0, 0.05) is 12.0 Å². The van der Waals surface area contributed by atoms with E-state index in [-0.39, 0.29) is 18.1 Å². The van der Waals surface area contributed by atoms with Gasteiger partial charge in [-0.3, -0.25) is 4.79 Å². The third-order valence-electron chi connectivity index (χ3n) is 2.11. The van der Waals surface area contributed by atoms with Crippen LogP contribution in [0.5, 0.6) is 0 Å². The van der Waals surface area contributed by atoms with E-state index in [9.17, 15) is 9.59 Å². The van der Waals surface area contributed by atoms with Crippen LogP contribution in [0.25, 0.3) is 0 Å². The lowest BCUT2D eigenvalue weighted by Crippen LogP contribution is -2.36. The molecular formula is C14H29NO3. The lowest BCUT2D eigenvalue weighted by atomic mass is 10.1. The summed E-state index contributed by atoms with van der Waals surface area (Å²) in [6.07, 6.45) is 0.613. The highest BCUT2D eigenvalue weighted by atomic mass is 16.6. The molecular weight excluding hydrogens is 230 g/mol. The Morgan fingerprint density at radius 2 is 1.61 bits per heavy atom. The molecule has 1 amide bonds. The van der Waals surface area contributed by atoms with Crippen molar-refractivity contribution in [2.24, 2.45) is 5.92 Å². The van der Waals surface area contributed by atoms with Crippen molar-refractivity contribution in [3.8, 4) is 0 Å².